The van der Waals surface area contributed by atoms with E-state index in [-0.39, 0.29) is 23.2 Å². The highest BCUT2D eigenvalue weighted by Gasteiger charge is 2.54. The quantitative estimate of drug-likeness (QED) is 0.613. The van der Waals surface area contributed by atoms with Crippen molar-refractivity contribution in [3.05, 3.63) is 69.6 Å². The minimum atomic E-state index is -0.257. The maximum Gasteiger partial charge on any atom is 0.220 e. The van der Waals surface area contributed by atoms with Gasteiger partial charge in [0.2, 0.25) is 5.91 Å². The Morgan fingerprint density at radius 1 is 1.30 bits per heavy atom. The van der Waals surface area contributed by atoms with Gasteiger partial charge in [-0.3, -0.25) is 4.79 Å². The third-order valence-electron chi connectivity index (χ3n) is 6.18. The first-order chi connectivity index (χ1) is 12.9. The zero-order chi connectivity index (χ0) is 18.9. The van der Waals surface area contributed by atoms with Crippen LogP contribution in [0.3, 0.4) is 0 Å². The summed E-state index contributed by atoms with van der Waals surface area (Å²) in [6, 6.07) is 10.7. The summed E-state index contributed by atoms with van der Waals surface area (Å²) in [5, 5.41) is 1.35. The van der Waals surface area contributed by atoms with Crippen molar-refractivity contribution in [1.29, 1.82) is 0 Å². The third-order valence-corrected chi connectivity index (χ3v) is 6.41. The van der Waals surface area contributed by atoms with E-state index < -0.39 is 0 Å². The summed E-state index contributed by atoms with van der Waals surface area (Å²) >= 11 is 6.16. The average Bonchev–Trinajstić information content (AvgIpc) is 3.25. The Bertz CT molecular complexity index is 1100. The smallest absolute Gasteiger partial charge is 0.220 e. The lowest BCUT2D eigenvalue weighted by molar-refractivity contribution is -0.131. The van der Waals surface area contributed by atoms with E-state index in [0.29, 0.717) is 17.0 Å². The number of halogens is 2. The van der Waals surface area contributed by atoms with Crippen LogP contribution in [-0.4, -0.2) is 22.3 Å². The molecule has 138 valence electrons. The van der Waals surface area contributed by atoms with Gasteiger partial charge in [-0.1, -0.05) is 23.7 Å². The maximum absolute atomic E-state index is 14.8. The fourth-order valence-corrected chi connectivity index (χ4v) is 4.98. The van der Waals surface area contributed by atoms with E-state index >= 15 is 0 Å². The van der Waals surface area contributed by atoms with Gasteiger partial charge in [0.1, 0.15) is 5.82 Å². The molecule has 5 rings (SSSR count). The Hall–Kier alpha value is -2.33. The predicted octanol–water partition coefficient (Wildman–Crippen LogP) is 5.25. The molecule has 1 spiro atoms. The summed E-state index contributed by atoms with van der Waals surface area (Å²) in [4.78, 5) is 18.0. The molecule has 0 saturated heterocycles. The third kappa shape index (κ3) is 2.36. The first-order valence-corrected chi connectivity index (χ1v) is 9.63. The second-order valence-electron chi connectivity index (χ2n) is 7.91. The van der Waals surface area contributed by atoms with Gasteiger partial charge >= 0.3 is 0 Å². The molecule has 2 heterocycles. The second-order valence-corrected chi connectivity index (χ2v) is 8.34. The van der Waals surface area contributed by atoms with E-state index in [2.05, 4.69) is 4.98 Å². The molecule has 1 saturated carbocycles. The second kappa shape index (κ2) is 5.59. The van der Waals surface area contributed by atoms with Crippen molar-refractivity contribution in [2.45, 2.75) is 38.1 Å². The van der Waals surface area contributed by atoms with Gasteiger partial charge in [-0.25, -0.2) is 4.39 Å². The van der Waals surface area contributed by atoms with Crippen LogP contribution in [0.25, 0.3) is 10.9 Å². The summed E-state index contributed by atoms with van der Waals surface area (Å²) in [5.41, 5.74) is 4.73. The molecule has 1 aromatic heterocycles. The van der Waals surface area contributed by atoms with E-state index in [9.17, 15) is 9.18 Å². The number of hydrogen-bond donors (Lipinski definition) is 1. The summed E-state index contributed by atoms with van der Waals surface area (Å²) in [6.07, 6.45) is 1.97. The molecule has 1 atom stereocenters. The van der Waals surface area contributed by atoms with Gasteiger partial charge in [-0.2, -0.15) is 0 Å². The number of hydrogen-bond acceptors (Lipinski definition) is 1. The number of aromatic amines is 1. The van der Waals surface area contributed by atoms with E-state index in [1.54, 1.807) is 13.0 Å². The molecule has 0 bridgehead atoms. The van der Waals surface area contributed by atoms with Crippen molar-refractivity contribution < 1.29 is 9.18 Å². The number of carbonyl (C=O) groups is 1. The number of nitrogens with one attached hydrogen (secondary N) is 1. The molecule has 1 fully saturated rings. The standard InChI is InChI=1S/C22H20ClFN2O/c1-12-10-14(23)6-7-15(12)21-20-19(18-16(24)4-3-5-17(18)25-20)22(8-9-22)11-26(21)13(2)27/h3-7,10,21,25H,8-9,11H2,1-2H3/t21-/m0/s1. The summed E-state index contributed by atoms with van der Waals surface area (Å²) < 4.78 is 14.8. The number of fused-ring (bicyclic) bond motifs is 4. The Morgan fingerprint density at radius 3 is 2.74 bits per heavy atom. The van der Waals surface area contributed by atoms with Gasteiger partial charge in [-0.15, -0.1) is 0 Å². The highest BCUT2D eigenvalue weighted by molar-refractivity contribution is 6.30. The normalized spacial score (nSPS) is 20.1. The summed E-state index contributed by atoms with van der Waals surface area (Å²) in [5.74, 6) is -0.162. The maximum atomic E-state index is 14.8. The van der Waals surface area contributed by atoms with Crippen LogP contribution in [0, 0.1) is 12.7 Å². The number of H-pyrrole nitrogens is 1. The molecule has 2 aliphatic rings. The Balaban J connectivity index is 1.83. The van der Waals surface area contributed by atoms with Gasteiger partial charge < -0.3 is 9.88 Å². The van der Waals surface area contributed by atoms with E-state index in [0.717, 1.165) is 40.7 Å². The lowest BCUT2D eigenvalue weighted by atomic mass is 9.82. The molecule has 3 aromatic rings. The monoisotopic (exact) mass is 382 g/mol. The SMILES string of the molecule is CC(=O)N1CC2(CC2)c2c([nH]c3cccc(F)c23)[C@@H]1c1ccc(Cl)cc1C. The van der Waals surface area contributed by atoms with Crippen molar-refractivity contribution in [2.24, 2.45) is 0 Å². The number of aryl methyl sites for hydroxylation is 1. The lowest BCUT2D eigenvalue weighted by Gasteiger charge is -2.40. The van der Waals surface area contributed by atoms with Crippen molar-refractivity contribution in [3.63, 3.8) is 0 Å². The van der Waals surface area contributed by atoms with Crippen LogP contribution in [0.2, 0.25) is 5.02 Å². The van der Waals surface area contributed by atoms with Gasteiger partial charge in [0, 0.05) is 40.5 Å². The fourth-order valence-electron chi connectivity index (χ4n) is 4.75. The Labute approximate surface area is 162 Å². The Morgan fingerprint density at radius 2 is 2.07 bits per heavy atom. The number of aromatic nitrogens is 1. The molecule has 2 aromatic carbocycles. The minimum Gasteiger partial charge on any atom is -0.356 e. The van der Waals surface area contributed by atoms with Gasteiger partial charge in [0.05, 0.1) is 6.04 Å². The number of rotatable bonds is 1. The van der Waals surface area contributed by atoms with Crippen molar-refractivity contribution in [3.8, 4) is 0 Å². The van der Waals surface area contributed by atoms with Crippen LogP contribution in [0.15, 0.2) is 36.4 Å². The molecule has 3 nitrogen and oxygen atoms in total. The molecule has 1 amide bonds. The number of amides is 1. The molecular weight excluding hydrogens is 363 g/mol. The highest BCUT2D eigenvalue weighted by Crippen LogP contribution is 2.58. The molecular formula is C22H20ClFN2O. The summed E-state index contributed by atoms with van der Waals surface area (Å²) in [7, 11) is 0. The first kappa shape index (κ1) is 16.8. The van der Waals surface area contributed by atoms with Crippen molar-refractivity contribution in [2.75, 3.05) is 6.54 Å². The van der Waals surface area contributed by atoms with E-state index in [4.69, 9.17) is 11.6 Å². The lowest BCUT2D eigenvalue weighted by Crippen LogP contribution is -2.44. The number of nitrogens with zero attached hydrogens (tertiary/aromatic N) is 1. The predicted molar refractivity (Wildman–Crippen MR) is 105 cm³/mol. The first-order valence-electron chi connectivity index (χ1n) is 9.25. The molecule has 1 aliphatic heterocycles. The van der Waals surface area contributed by atoms with Gasteiger partial charge in [0.15, 0.2) is 0 Å². The summed E-state index contributed by atoms with van der Waals surface area (Å²) in [6.45, 7) is 4.25. The fraction of sp³-hybridized carbons (Fsp3) is 0.318. The zero-order valence-corrected chi connectivity index (χ0v) is 16.0. The molecule has 5 heteroatoms. The van der Waals surface area contributed by atoms with Crippen molar-refractivity contribution >= 4 is 28.4 Å². The molecule has 1 N–H and O–H groups in total. The molecule has 1 aliphatic carbocycles. The van der Waals surface area contributed by atoms with Crippen LogP contribution in [0.4, 0.5) is 4.39 Å². The zero-order valence-electron chi connectivity index (χ0n) is 15.3. The van der Waals surface area contributed by atoms with Crippen LogP contribution < -0.4 is 0 Å². The minimum absolute atomic E-state index is 0.0328. The average molecular weight is 383 g/mol. The van der Waals surface area contributed by atoms with Crippen LogP contribution >= 0.6 is 11.6 Å². The van der Waals surface area contributed by atoms with Crippen LogP contribution in [0.1, 0.15) is 48.2 Å². The largest absolute Gasteiger partial charge is 0.356 e. The molecule has 27 heavy (non-hydrogen) atoms. The highest BCUT2D eigenvalue weighted by atomic mass is 35.5. The van der Waals surface area contributed by atoms with Crippen LogP contribution in [-0.2, 0) is 10.2 Å². The topological polar surface area (TPSA) is 36.1 Å². The number of benzene rings is 2. The Kier molecular flexibility index (Phi) is 3.48. The van der Waals surface area contributed by atoms with Crippen molar-refractivity contribution in [1.82, 2.24) is 9.88 Å². The molecule has 0 radical (unpaired) electrons. The number of carbonyl (C=O) groups excluding carboxylic acids is 1. The van der Waals surface area contributed by atoms with Crippen LogP contribution in [0.5, 0.6) is 0 Å². The van der Waals surface area contributed by atoms with Gasteiger partial charge in [0.25, 0.3) is 0 Å². The van der Waals surface area contributed by atoms with E-state index in [1.165, 1.54) is 6.07 Å². The van der Waals surface area contributed by atoms with Gasteiger partial charge in [-0.05, 0) is 60.7 Å². The van der Waals surface area contributed by atoms with E-state index in [1.807, 2.05) is 36.1 Å². The molecule has 0 unspecified atom stereocenters.